The van der Waals surface area contributed by atoms with Crippen LogP contribution in [0.5, 0.6) is 0 Å². The van der Waals surface area contributed by atoms with Gasteiger partial charge in [-0.2, -0.15) is 0 Å². The number of aromatic nitrogens is 2. The van der Waals surface area contributed by atoms with Gasteiger partial charge in [0.1, 0.15) is 16.8 Å². The zero-order valence-corrected chi connectivity index (χ0v) is 12.9. The van der Waals surface area contributed by atoms with Crippen molar-refractivity contribution in [3.63, 3.8) is 0 Å². The monoisotopic (exact) mass is 286 g/mol. The van der Waals surface area contributed by atoms with Gasteiger partial charge in [0.15, 0.2) is 0 Å². The third-order valence-electron chi connectivity index (χ3n) is 2.67. The van der Waals surface area contributed by atoms with Crippen LogP contribution in [0.3, 0.4) is 0 Å². The minimum atomic E-state index is 0.517. The lowest BCUT2D eigenvalue weighted by Crippen LogP contribution is -2.20. The summed E-state index contributed by atoms with van der Waals surface area (Å²) in [5.74, 6) is 1.56. The Morgan fingerprint density at radius 1 is 1.26 bits per heavy atom. The molecule has 0 aliphatic carbocycles. The number of nitrogens with zero attached hydrogens (tertiary/aromatic N) is 3. The van der Waals surface area contributed by atoms with Gasteiger partial charge in [-0.3, -0.25) is 0 Å². The van der Waals surface area contributed by atoms with Crippen LogP contribution in [0, 0.1) is 6.92 Å². The molecule has 0 fully saturated rings. The van der Waals surface area contributed by atoms with E-state index in [-0.39, 0.29) is 0 Å². The van der Waals surface area contributed by atoms with E-state index < -0.39 is 0 Å². The number of hydrogen-bond acceptors (Lipinski definition) is 5. The molecule has 0 spiro atoms. The van der Waals surface area contributed by atoms with Gasteiger partial charge in [0, 0.05) is 25.1 Å². The zero-order chi connectivity index (χ0) is 14.3. The standard InChI is InChI=1S/C13H23ClN4O/c1-5-11-16-12(14)10(2)13(17-11)15-6-8-19-9-7-18(3)4/h5-9H2,1-4H3,(H,15,16,17). The number of halogens is 1. The van der Waals surface area contributed by atoms with Crippen LogP contribution in [0.1, 0.15) is 18.3 Å². The van der Waals surface area contributed by atoms with E-state index in [1.165, 1.54) is 0 Å². The summed E-state index contributed by atoms with van der Waals surface area (Å²) in [6.45, 7) is 6.95. The van der Waals surface area contributed by atoms with Crippen LogP contribution in [0.2, 0.25) is 5.15 Å². The summed E-state index contributed by atoms with van der Waals surface area (Å²) >= 11 is 6.07. The van der Waals surface area contributed by atoms with Crippen LogP contribution in [-0.2, 0) is 11.2 Å². The average Bonchev–Trinajstić information content (AvgIpc) is 2.37. The molecule has 0 unspecified atom stereocenters. The zero-order valence-electron chi connectivity index (χ0n) is 12.2. The largest absolute Gasteiger partial charge is 0.378 e. The van der Waals surface area contributed by atoms with Crippen molar-refractivity contribution < 1.29 is 4.74 Å². The molecule has 0 bridgehead atoms. The number of nitrogens with one attached hydrogen (secondary N) is 1. The maximum Gasteiger partial charge on any atom is 0.137 e. The van der Waals surface area contributed by atoms with E-state index in [2.05, 4.69) is 20.2 Å². The maximum absolute atomic E-state index is 6.07. The summed E-state index contributed by atoms with van der Waals surface area (Å²) in [6.07, 6.45) is 0.772. The van der Waals surface area contributed by atoms with E-state index in [9.17, 15) is 0 Å². The molecule has 0 aromatic carbocycles. The summed E-state index contributed by atoms with van der Waals surface area (Å²) in [5, 5.41) is 3.76. The third kappa shape index (κ3) is 5.72. The summed E-state index contributed by atoms with van der Waals surface area (Å²) in [6, 6.07) is 0. The highest BCUT2D eigenvalue weighted by Crippen LogP contribution is 2.19. The number of anilines is 1. The molecule has 1 N–H and O–H groups in total. The molecule has 1 aromatic heterocycles. The second kappa shape index (κ2) is 8.30. The van der Waals surface area contributed by atoms with Gasteiger partial charge in [-0.15, -0.1) is 0 Å². The van der Waals surface area contributed by atoms with Crippen LogP contribution >= 0.6 is 11.6 Å². The minimum Gasteiger partial charge on any atom is -0.378 e. The number of aryl methyl sites for hydroxylation is 1. The molecule has 5 nitrogen and oxygen atoms in total. The smallest absolute Gasteiger partial charge is 0.137 e. The third-order valence-corrected chi connectivity index (χ3v) is 3.04. The lowest BCUT2D eigenvalue weighted by atomic mass is 10.3. The fraction of sp³-hybridized carbons (Fsp3) is 0.692. The van der Waals surface area contributed by atoms with Gasteiger partial charge in [0.25, 0.3) is 0 Å². The van der Waals surface area contributed by atoms with E-state index in [0.29, 0.717) is 18.3 Å². The van der Waals surface area contributed by atoms with Gasteiger partial charge in [-0.05, 0) is 21.0 Å². The Balaban J connectivity index is 2.38. The Morgan fingerprint density at radius 2 is 2.00 bits per heavy atom. The Morgan fingerprint density at radius 3 is 2.63 bits per heavy atom. The van der Waals surface area contributed by atoms with Crippen molar-refractivity contribution in [2.45, 2.75) is 20.3 Å². The molecule has 6 heteroatoms. The summed E-state index contributed by atoms with van der Waals surface area (Å²) in [4.78, 5) is 10.7. The number of rotatable bonds is 8. The van der Waals surface area contributed by atoms with Gasteiger partial charge in [-0.25, -0.2) is 9.97 Å². The molecule has 108 valence electrons. The second-order valence-electron chi connectivity index (χ2n) is 4.60. The Bertz CT molecular complexity index is 398. The predicted octanol–water partition coefficient (Wildman–Crippen LogP) is 1.99. The van der Waals surface area contributed by atoms with Gasteiger partial charge < -0.3 is 15.0 Å². The molecule has 0 radical (unpaired) electrons. The van der Waals surface area contributed by atoms with Crippen molar-refractivity contribution in [2.24, 2.45) is 0 Å². The molecule has 1 aromatic rings. The molecule has 0 amide bonds. The average molecular weight is 287 g/mol. The molecule has 0 saturated carbocycles. The van der Waals surface area contributed by atoms with E-state index in [1.54, 1.807) is 0 Å². The normalized spacial score (nSPS) is 11.1. The van der Waals surface area contributed by atoms with Crippen LogP contribution in [-0.4, -0.2) is 55.3 Å². The predicted molar refractivity (Wildman–Crippen MR) is 79.0 cm³/mol. The van der Waals surface area contributed by atoms with Crippen molar-refractivity contribution in [2.75, 3.05) is 45.7 Å². The molecule has 1 rings (SSSR count). The lowest BCUT2D eigenvalue weighted by molar-refractivity contribution is 0.126. The molecule has 0 aliphatic rings. The first-order valence-electron chi connectivity index (χ1n) is 6.54. The van der Waals surface area contributed by atoms with Crippen molar-refractivity contribution in [1.82, 2.24) is 14.9 Å². The molecule has 1 heterocycles. The van der Waals surface area contributed by atoms with Gasteiger partial charge in [0.2, 0.25) is 0 Å². The van der Waals surface area contributed by atoms with Crippen molar-refractivity contribution >= 4 is 17.4 Å². The Hall–Kier alpha value is -0.910. The molecule has 19 heavy (non-hydrogen) atoms. The quantitative estimate of drug-likeness (QED) is 0.585. The summed E-state index contributed by atoms with van der Waals surface area (Å²) in [5.41, 5.74) is 0.882. The Labute approximate surface area is 120 Å². The van der Waals surface area contributed by atoms with Crippen molar-refractivity contribution in [1.29, 1.82) is 0 Å². The van der Waals surface area contributed by atoms with E-state index >= 15 is 0 Å². The highest BCUT2D eigenvalue weighted by molar-refractivity contribution is 6.30. The summed E-state index contributed by atoms with van der Waals surface area (Å²) in [7, 11) is 4.06. The van der Waals surface area contributed by atoms with E-state index in [1.807, 2.05) is 27.9 Å². The van der Waals surface area contributed by atoms with Crippen LogP contribution in [0.15, 0.2) is 0 Å². The second-order valence-corrected chi connectivity index (χ2v) is 4.96. The topological polar surface area (TPSA) is 50.3 Å². The number of hydrogen-bond donors (Lipinski definition) is 1. The lowest BCUT2D eigenvalue weighted by Gasteiger charge is -2.12. The van der Waals surface area contributed by atoms with E-state index in [0.717, 1.165) is 36.8 Å². The first kappa shape index (κ1) is 16.1. The highest BCUT2D eigenvalue weighted by atomic mass is 35.5. The van der Waals surface area contributed by atoms with Gasteiger partial charge in [0.05, 0.1) is 13.2 Å². The van der Waals surface area contributed by atoms with Gasteiger partial charge >= 0.3 is 0 Å². The first-order chi connectivity index (χ1) is 9.04. The van der Waals surface area contributed by atoms with Gasteiger partial charge in [-0.1, -0.05) is 18.5 Å². The molecular formula is C13H23ClN4O. The minimum absolute atomic E-state index is 0.517. The fourth-order valence-electron chi connectivity index (χ4n) is 1.45. The van der Waals surface area contributed by atoms with E-state index in [4.69, 9.17) is 16.3 Å². The van der Waals surface area contributed by atoms with Crippen LogP contribution in [0.25, 0.3) is 0 Å². The number of ether oxygens (including phenoxy) is 1. The molecular weight excluding hydrogens is 264 g/mol. The Kier molecular flexibility index (Phi) is 7.05. The highest BCUT2D eigenvalue weighted by Gasteiger charge is 2.07. The number of likely N-dealkylation sites (N-methyl/N-ethyl adjacent to an activating group) is 1. The summed E-state index contributed by atoms with van der Waals surface area (Å²) < 4.78 is 5.51. The molecule has 0 aliphatic heterocycles. The molecule has 0 saturated heterocycles. The molecule has 0 atom stereocenters. The van der Waals surface area contributed by atoms with Crippen molar-refractivity contribution in [3.05, 3.63) is 16.5 Å². The first-order valence-corrected chi connectivity index (χ1v) is 6.91. The fourth-order valence-corrected chi connectivity index (χ4v) is 1.64. The van der Waals surface area contributed by atoms with Crippen LogP contribution in [0.4, 0.5) is 5.82 Å². The van der Waals surface area contributed by atoms with Crippen molar-refractivity contribution in [3.8, 4) is 0 Å². The maximum atomic E-state index is 6.07. The SMILES string of the molecule is CCc1nc(Cl)c(C)c(NCCOCCN(C)C)n1. The van der Waals surface area contributed by atoms with Crippen LogP contribution < -0.4 is 5.32 Å².